The molecule has 1 aromatic rings. The quantitative estimate of drug-likeness (QED) is 0.134. The average Bonchev–Trinajstić information content (AvgIpc) is 2.81. The van der Waals surface area contributed by atoms with Crippen LogP contribution in [-0.4, -0.2) is 40.8 Å². The third-order valence-electron chi connectivity index (χ3n) is 5.86. The van der Waals surface area contributed by atoms with Gasteiger partial charge in [-0.1, -0.05) is 90.4 Å². The molecule has 0 saturated heterocycles. The zero-order valence-corrected chi connectivity index (χ0v) is 20.7. The molecule has 7 heteroatoms. The van der Waals surface area contributed by atoms with E-state index in [4.69, 9.17) is 14.9 Å². The molecular weight excluding hydrogens is 434 g/mol. The summed E-state index contributed by atoms with van der Waals surface area (Å²) >= 11 is 0. The smallest absolute Gasteiger partial charge is 0.345 e. The van der Waals surface area contributed by atoms with Crippen LogP contribution < -0.4 is 5.32 Å². The van der Waals surface area contributed by atoms with Crippen LogP contribution in [0.5, 0.6) is 0 Å². The number of hydrogen-bond donors (Lipinski definition) is 3. The monoisotopic (exact) mass is 477 g/mol. The van der Waals surface area contributed by atoms with Crippen LogP contribution >= 0.6 is 0 Å². The van der Waals surface area contributed by atoms with Crippen LogP contribution in [0.4, 0.5) is 5.69 Å². The molecule has 0 heterocycles. The maximum absolute atomic E-state index is 12.1. The number of esters is 1. The molecule has 3 N–H and O–H groups in total. The molecule has 192 valence electrons. The van der Waals surface area contributed by atoms with Gasteiger partial charge in [0.15, 0.2) is 0 Å². The molecule has 1 atom stereocenters. The summed E-state index contributed by atoms with van der Waals surface area (Å²) in [5.74, 6) is -3.68. The first-order chi connectivity index (χ1) is 16.4. The Kier molecular flexibility index (Phi) is 16.3. The summed E-state index contributed by atoms with van der Waals surface area (Å²) in [6, 6.07) is 6.53. The number of benzene rings is 1. The Morgan fingerprint density at radius 2 is 1.24 bits per heavy atom. The summed E-state index contributed by atoms with van der Waals surface area (Å²) in [7, 11) is 0. The van der Waals surface area contributed by atoms with Gasteiger partial charge >= 0.3 is 17.9 Å². The van der Waals surface area contributed by atoms with Crippen LogP contribution in [0.25, 0.3) is 0 Å². The Morgan fingerprint density at radius 3 is 1.68 bits per heavy atom. The summed E-state index contributed by atoms with van der Waals surface area (Å²) in [5.41, 5.74) is 1.05. The number of anilines is 1. The second-order valence-corrected chi connectivity index (χ2v) is 8.93. The molecular formula is C27H43NO6. The van der Waals surface area contributed by atoms with E-state index in [0.717, 1.165) is 18.7 Å². The van der Waals surface area contributed by atoms with Gasteiger partial charge in [-0.15, -0.1) is 0 Å². The Labute approximate surface area is 204 Å². The van der Waals surface area contributed by atoms with Crippen molar-refractivity contribution in [1.29, 1.82) is 0 Å². The van der Waals surface area contributed by atoms with Crippen molar-refractivity contribution in [3.63, 3.8) is 0 Å². The van der Waals surface area contributed by atoms with Crippen LogP contribution in [0.1, 0.15) is 114 Å². The maximum atomic E-state index is 12.1. The van der Waals surface area contributed by atoms with Crippen molar-refractivity contribution in [3.8, 4) is 0 Å². The zero-order chi connectivity index (χ0) is 25.0. The first-order valence-electron chi connectivity index (χ1n) is 12.9. The lowest BCUT2D eigenvalue weighted by Gasteiger charge is -2.12. The van der Waals surface area contributed by atoms with Crippen LogP contribution in [0.2, 0.25) is 0 Å². The summed E-state index contributed by atoms with van der Waals surface area (Å²) in [5, 5.41) is 21.0. The highest BCUT2D eigenvalue weighted by atomic mass is 16.6. The number of carboxylic acid groups (broad SMARTS) is 2. The molecule has 1 aromatic carbocycles. The molecule has 1 unspecified atom stereocenters. The van der Waals surface area contributed by atoms with E-state index in [2.05, 4.69) is 12.2 Å². The van der Waals surface area contributed by atoms with E-state index in [-0.39, 0.29) is 5.56 Å². The van der Waals surface area contributed by atoms with Crippen LogP contribution in [-0.2, 0) is 14.3 Å². The fourth-order valence-corrected chi connectivity index (χ4v) is 3.81. The number of carbonyl (C=O) groups excluding carboxylic acids is 1. The summed E-state index contributed by atoms with van der Waals surface area (Å²) in [4.78, 5) is 33.8. The minimum Gasteiger partial charge on any atom is -0.481 e. The Morgan fingerprint density at radius 1 is 0.765 bits per heavy atom. The van der Waals surface area contributed by atoms with Crippen LogP contribution in [0.3, 0.4) is 0 Å². The highest BCUT2D eigenvalue weighted by Crippen LogP contribution is 2.15. The molecule has 0 saturated carbocycles. The summed E-state index contributed by atoms with van der Waals surface area (Å²) < 4.78 is 4.80. The van der Waals surface area contributed by atoms with Gasteiger partial charge in [-0.25, -0.2) is 9.59 Å². The molecule has 0 amide bonds. The highest BCUT2D eigenvalue weighted by molar-refractivity contribution is 5.92. The van der Waals surface area contributed by atoms with E-state index in [1.54, 1.807) is 12.1 Å². The molecule has 7 nitrogen and oxygen atoms in total. The average molecular weight is 478 g/mol. The first kappa shape index (κ1) is 29.5. The normalized spacial score (nSPS) is 11.7. The fourth-order valence-electron chi connectivity index (χ4n) is 3.81. The highest BCUT2D eigenvalue weighted by Gasteiger charge is 2.25. The van der Waals surface area contributed by atoms with Gasteiger partial charge in [0, 0.05) is 12.2 Å². The molecule has 0 aliphatic carbocycles. The van der Waals surface area contributed by atoms with Crippen molar-refractivity contribution in [2.24, 2.45) is 0 Å². The molecule has 0 radical (unpaired) electrons. The van der Waals surface area contributed by atoms with Crippen molar-refractivity contribution in [2.45, 2.75) is 109 Å². The van der Waals surface area contributed by atoms with Gasteiger partial charge in [-0.05, 0) is 30.7 Å². The predicted molar refractivity (Wildman–Crippen MR) is 134 cm³/mol. The minimum absolute atomic E-state index is 0.179. The maximum Gasteiger partial charge on any atom is 0.345 e. The number of hydrogen-bond acceptors (Lipinski definition) is 5. The molecule has 0 bridgehead atoms. The lowest BCUT2D eigenvalue weighted by atomic mass is 10.0. The van der Waals surface area contributed by atoms with Gasteiger partial charge < -0.3 is 20.3 Å². The zero-order valence-electron chi connectivity index (χ0n) is 20.7. The van der Waals surface area contributed by atoms with Crippen molar-refractivity contribution >= 4 is 23.6 Å². The first-order valence-corrected chi connectivity index (χ1v) is 12.9. The fraction of sp³-hybridized carbons (Fsp3) is 0.667. The molecule has 0 aromatic heterocycles. The number of ether oxygens (including phenoxy) is 1. The second kappa shape index (κ2) is 18.8. The predicted octanol–water partition coefficient (Wildman–Crippen LogP) is 6.66. The SMILES string of the molecule is CCCCCCCCCCCCCCCCNc1ccc(C(=O)OC(CC(=O)O)C(=O)O)cc1. The topological polar surface area (TPSA) is 113 Å². The Hall–Kier alpha value is -2.57. The number of carboxylic acids is 2. The molecule has 0 aliphatic heterocycles. The van der Waals surface area contributed by atoms with Gasteiger partial charge in [-0.2, -0.15) is 0 Å². The van der Waals surface area contributed by atoms with Crippen molar-refractivity contribution < 1.29 is 29.3 Å². The number of nitrogens with one attached hydrogen (secondary N) is 1. The van der Waals surface area contributed by atoms with Crippen molar-refractivity contribution in [1.82, 2.24) is 0 Å². The lowest BCUT2D eigenvalue weighted by Crippen LogP contribution is -2.29. The Bertz CT molecular complexity index is 704. The van der Waals surface area contributed by atoms with Crippen LogP contribution in [0.15, 0.2) is 24.3 Å². The van der Waals surface area contributed by atoms with Crippen molar-refractivity contribution in [3.05, 3.63) is 29.8 Å². The number of carbonyl (C=O) groups is 3. The van der Waals surface area contributed by atoms with Crippen LogP contribution in [0, 0.1) is 0 Å². The molecule has 0 fully saturated rings. The number of aliphatic carboxylic acids is 2. The Balaban J connectivity index is 2.08. The van der Waals surface area contributed by atoms with Crippen molar-refractivity contribution in [2.75, 3.05) is 11.9 Å². The van der Waals surface area contributed by atoms with E-state index in [0.29, 0.717) is 0 Å². The third-order valence-corrected chi connectivity index (χ3v) is 5.86. The standard InChI is InChI=1S/C27H43NO6/c1-2-3-4-5-6-7-8-9-10-11-12-13-14-15-20-28-23-18-16-22(17-19-23)27(33)34-24(26(31)32)21-25(29)30/h16-19,24,28H,2-15,20-21H2,1H3,(H,29,30)(H,31,32). The van der Waals surface area contributed by atoms with Gasteiger partial charge in [0.1, 0.15) is 0 Å². The minimum atomic E-state index is -1.71. The van der Waals surface area contributed by atoms with E-state index in [1.165, 1.54) is 95.6 Å². The van der Waals surface area contributed by atoms with E-state index in [1.807, 2.05) is 0 Å². The summed E-state index contributed by atoms with van der Waals surface area (Å²) in [6.45, 7) is 3.11. The van der Waals surface area contributed by atoms with Gasteiger partial charge in [0.25, 0.3) is 0 Å². The molecule has 0 aliphatic rings. The van der Waals surface area contributed by atoms with E-state index < -0.39 is 30.4 Å². The van der Waals surface area contributed by atoms with E-state index in [9.17, 15) is 14.4 Å². The van der Waals surface area contributed by atoms with Gasteiger partial charge in [0.05, 0.1) is 12.0 Å². The second-order valence-electron chi connectivity index (χ2n) is 8.93. The third kappa shape index (κ3) is 14.6. The molecule has 0 spiro atoms. The molecule has 1 rings (SSSR count). The largest absolute Gasteiger partial charge is 0.481 e. The lowest BCUT2D eigenvalue weighted by molar-refractivity contribution is -0.153. The van der Waals surface area contributed by atoms with E-state index >= 15 is 0 Å². The molecule has 34 heavy (non-hydrogen) atoms. The van der Waals surface area contributed by atoms with Gasteiger partial charge in [-0.3, -0.25) is 4.79 Å². The number of unbranched alkanes of at least 4 members (excludes halogenated alkanes) is 13. The number of rotatable bonds is 21. The van der Waals surface area contributed by atoms with Gasteiger partial charge in [0.2, 0.25) is 6.10 Å². The summed E-state index contributed by atoms with van der Waals surface area (Å²) in [6.07, 6.45) is 16.1.